The number of fused-ring (bicyclic) bond motifs is 1. The van der Waals surface area contributed by atoms with Gasteiger partial charge >= 0.3 is 6.03 Å². The minimum absolute atomic E-state index is 0.191. The molecule has 0 aliphatic carbocycles. The summed E-state index contributed by atoms with van der Waals surface area (Å²) < 4.78 is 1.14. The fraction of sp³-hybridized carbons (Fsp3) is 0.250. The molecule has 7 heteroatoms. The summed E-state index contributed by atoms with van der Waals surface area (Å²) >= 11 is 1.63. The second kappa shape index (κ2) is 8.28. The third-order valence-corrected chi connectivity index (χ3v) is 5.17. The lowest BCUT2D eigenvalue weighted by Gasteiger charge is -2.13. The lowest BCUT2D eigenvalue weighted by molar-refractivity contribution is -0.885. The number of carbonyl (C=O) groups is 2. The molecule has 0 spiro atoms. The normalized spacial score (nSPS) is 12.0. The SMILES string of the molecule is Cc1ccc(NC(=O)NC(=O)C[NH+](C)Cc2nc3ccccc3s2)c(C)c1. The molecule has 6 nitrogen and oxygen atoms in total. The molecule has 2 aromatic carbocycles. The minimum atomic E-state index is -0.514. The fourth-order valence-electron chi connectivity index (χ4n) is 2.87. The van der Waals surface area contributed by atoms with Gasteiger partial charge in [-0.1, -0.05) is 29.8 Å². The Morgan fingerprint density at radius 1 is 1.15 bits per heavy atom. The fourth-order valence-corrected chi connectivity index (χ4v) is 3.95. The number of carbonyl (C=O) groups excluding carboxylic acids is 2. The Kier molecular flexibility index (Phi) is 5.83. The maximum absolute atomic E-state index is 12.1. The van der Waals surface area contributed by atoms with Crippen molar-refractivity contribution in [3.05, 3.63) is 58.6 Å². The molecule has 1 heterocycles. The Labute approximate surface area is 162 Å². The van der Waals surface area contributed by atoms with Gasteiger partial charge < -0.3 is 10.2 Å². The molecule has 1 atom stereocenters. The molecule has 0 radical (unpaired) electrons. The number of hydrogen-bond donors (Lipinski definition) is 3. The first-order valence-electron chi connectivity index (χ1n) is 8.74. The zero-order chi connectivity index (χ0) is 19.4. The van der Waals surface area contributed by atoms with Crippen LogP contribution in [0.4, 0.5) is 10.5 Å². The van der Waals surface area contributed by atoms with Gasteiger partial charge in [0.25, 0.3) is 5.91 Å². The van der Waals surface area contributed by atoms with Gasteiger partial charge in [0.1, 0.15) is 11.6 Å². The predicted molar refractivity (Wildman–Crippen MR) is 108 cm³/mol. The topological polar surface area (TPSA) is 75.5 Å². The predicted octanol–water partition coefficient (Wildman–Crippen LogP) is 2.28. The van der Waals surface area contributed by atoms with Crippen LogP contribution in [0.15, 0.2) is 42.5 Å². The van der Waals surface area contributed by atoms with Crippen LogP contribution in [0.1, 0.15) is 16.1 Å². The van der Waals surface area contributed by atoms with E-state index in [1.807, 2.05) is 63.4 Å². The number of para-hydroxylation sites is 1. The molecule has 27 heavy (non-hydrogen) atoms. The number of imide groups is 1. The Morgan fingerprint density at radius 3 is 2.67 bits per heavy atom. The smallest absolute Gasteiger partial charge is 0.324 e. The monoisotopic (exact) mass is 383 g/mol. The maximum atomic E-state index is 12.1. The third-order valence-electron chi connectivity index (χ3n) is 4.14. The van der Waals surface area contributed by atoms with Crippen LogP contribution in [0, 0.1) is 13.8 Å². The van der Waals surface area contributed by atoms with E-state index in [9.17, 15) is 9.59 Å². The van der Waals surface area contributed by atoms with Crippen molar-refractivity contribution in [2.75, 3.05) is 18.9 Å². The third kappa shape index (κ3) is 5.12. The van der Waals surface area contributed by atoms with Crippen molar-refractivity contribution < 1.29 is 14.5 Å². The number of thiazole rings is 1. The van der Waals surface area contributed by atoms with Crippen molar-refractivity contribution in [3.63, 3.8) is 0 Å². The summed E-state index contributed by atoms with van der Waals surface area (Å²) in [6.45, 7) is 4.73. The number of quaternary nitrogens is 1. The standard InChI is InChI=1S/C20H22N4O2S/c1-13-8-9-15(14(2)10-13)22-20(26)23-18(25)11-24(3)12-19-21-16-6-4-5-7-17(16)27-19/h4-10H,11-12H2,1-3H3,(H2,22,23,25,26)/p+1. The van der Waals surface area contributed by atoms with Crippen LogP contribution in [-0.4, -0.2) is 30.5 Å². The summed E-state index contributed by atoms with van der Waals surface area (Å²) in [5.74, 6) is -0.323. The molecule has 0 fully saturated rings. The molecule has 1 unspecified atom stereocenters. The molecule has 0 aliphatic rings. The number of nitrogens with zero attached hydrogens (tertiary/aromatic N) is 1. The van der Waals surface area contributed by atoms with Gasteiger partial charge in [-0.3, -0.25) is 10.1 Å². The van der Waals surface area contributed by atoms with Gasteiger partial charge in [-0.25, -0.2) is 9.78 Å². The van der Waals surface area contributed by atoms with Crippen molar-refractivity contribution in [1.29, 1.82) is 0 Å². The summed E-state index contributed by atoms with van der Waals surface area (Å²) in [7, 11) is 1.91. The highest BCUT2D eigenvalue weighted by atomic mass is 32.1. The largest absolute Gasteiger partial charge is 0.326 e. The van der Waals surface area contributed by atoms with Crippen LogP contribution in [0.5, 0.6) is 0 Å². The van der Waals surface area contributed by atoms with Gasteiger partial charge in [0.15, 0.2) is 6.54 Å². The van der Waals surface area contributed by atoms with Crippen molar-refractivity contribution in [3.8, 4) is 0 Å². The Morgan fingerprint density at radius 2 is 1.93 bits per heavy atom. The van der Waals surface area contributed by atoms with Crippen molar-refractivity contribution >= 4 is 39.2 Å². The van der Waals surface area contributed by atoms with Crippen LogP contribution in [-0.2, 0) is 11.3 Å². The summed E-state index contributed by atoms with van der Waals surface area (Å²) in [4.78, 5) is 29.7. The van der Waals surface area contributed by atoms with E-state index >= 15 is 0 Å². The number of anilines is 1. The number of benzene rings is 2. The summed E-state index contributed by atoms with van der Waals surface area (Å²) in [5, 5.41) is 6.08. The average Bonchev–Trinajstić information content (AvgIpc) is 2.99. The second-order valence-electron chi connectivity index (χ2n) is 6.71. The Balaban J connectivity index is 1.51. The van der Waals surface area contributed by atoms with E-state index in [0.717, 1.165) is 31.3 Å². The molecule has 0 saturated carbocycles. The summed E-state index contributed by atoms with van der Waals surface area (Å²) in [6.07, 6.45) is 0. The molecule has 0 aliphatic heterocycles. The number of rotatable bonds is 5. The van der Waals surface area contributed by atoms with E-state index in [-0.39, 0.29) is 12.5 Å². The summed E-state index contributed by atoms with van der Waals surface area (Å²) in [5.41, 5.74) is 3.74. The van der Waals surface area contributed by atoms with E-state index < -0.39 is 6.03 Å². The molecular formula is C20H23N4O2S+. The highest BCUT2D eigenvalue weighted by Gasteiger charge is 2.16. The number of nitrogens with one attached hydrogen (secondary N) is 3. The Hall–Kier alpha value is -2.77. The second-order valence-corrected chi connectivity index (χ2v) is 7.82. The lowest BCUT2D eigenvalue weighted by Crippen LogP contribution is -3.09. The van der Waals surface area contributed by atoms with E-state index in [0.29, 0.717) is 12.2 Å². The minimum Gasteiger partial charge on any atom is -0.324 e. The van der Waals surface area contributed by atoms with Gasteiger partial charge in [-0.2, -0.15) is 0 Å². The molecule has 3 aromatic rings. The molecule has 3 rings (SSSR count). The average molecular weight is 383 g/mol. The van der Waals surface area contributed by atoms with E-state index in [2.05, 4.69) is 15.6 Å². The van der Waals surface area contributed by atoms with E-state index in [1.54, 1.807) is 11.3 Å². The molecule has 3 N–H and O–H groups in total. The van der Waals surface area contributed by atoms with Crippen molar-refractivity contribution in [1.82, 2.24) is 10.3 Å². The molecule has 1 aromatic heterocycles. The van der Waals surface area contributed by atoms with Crippen molar-refractivity contribution in [2.45, 2.75) is 20.4 Å². The number of hydrogen-bond acceptors (Lipinski definition) is 4. The number of amides is 3. The highest BCUT2D eigenvalue weighted by molar-refractivity contribution is 7.18. The molecule has 0 bridgehead atoms. The number of aromatic nitrogens is 1. The maximum Gasteiger partial charge on any atom is 0.326 e. The molecule has 0 saturated heterocycles. The van der Waals surface area contributed by atoms with Crippen LogP contribution in [0.25, 0.3) is 10.2 Å². The van der Waals surface area contributed by atoms with Crippen LogP contribution in [0.2, 0.25) is 0 Å². The van der Waals surface area contributed by atoms with Crippen LogP contribution in [0.3, 0.4) is 0 Å². The van der Waals surface area contributed by atoms with Gasteiger partial charge in [-0.05, 0) is 37.6 Å². The summed E-state index contributed by atoms with van der Waals surface area (Å²) in [6, 6.07) is 13.2. The van der Waals surface area contributed by atoms with Crippen molar-refractivity contribution in [2.24, 2.45) is 0 Å². The van der Waals surface area contributed by atoms with Crippen LogP contribution >= 0.6 is 11.3 Å². The molecular weight excluding hydrogens is 360 g/mol. The molecule has 3 amide bonds. The zero-order valence-electron chi connectivity index (χ0n) is 15.6. The van der Waals surface area contributed by atoms with Gasteiger partial charge in [0.05, 0.1) is 17.3 Å². The van der Waals surface area contributed by atoms with E-state index in [1.165, 1.54) is 0 Å². The first kappa shape index (κ1) is 19.0. The van der Waals surface area contributed by atoms with Gasteiger partial charge in [-0.15, -0.1) is 11.3 Å². The van der Waals surface area contributed by atoms with Gasteiger partial charge in [0, 0.05) is 5.69 Å². The Bertz CT molecular complexity index is 950. The quantitative estimate of drug-likeness (QED) is 0.633. The van der Waals surface area contributed by atoms with Gasteiger partial charge in [0.2, 0.25) is 0 Å². The first-order chi connectivity index (χ1) is 12.9. The van der Waals surface area contributed by atoms with E-state index in [4.69, 9.17) is 0 Å². The molecule has 140 valence electrons. The number of urea groups is 1. The number of likely N-dealkylation sites (N-methyl/N-ethyl adjacent to an activating group) is 1. The highest BCUT2D eigenvalue weighted by Crippen LogP contribution is 2.20. The lowest BCUT2D eigenvalue weighted by atomic mass is 10.1. The van der Waals surface area contributed by atoms with Crippen LogP contribution < -0.4 is 15.5 Å². The first-order valence-corrected chi connectivity index (χ1v) is 9.56. The zero-order valence-corrected chi connectivity index (χ0v) is 16.4. The number of aryl methyl sites for hydroxylation is 2.